The Morgan fingerprint density at radius 2 is 2.13 bits per heavy atom. The quantitative estimate of drug-likeness (QED) is 0.773. The Bertz CT molecular complexity index is 286. The zero-order valence-corrected chi connectivity index (χ0v) is 9.92. The van der Waals surface area contributed by atoms with Gasteiger partial charge in [0, 0.05) is 6.04 Å². The van der Waals surface area contributed by atoms with Gasteiger partial charge in [-0.15, -0.1) is 0 Å². The maximum Gasteiger partial charge on any atom is 0.119 e. The van der Waals surface area contributed by atoms with Gasteiger partial charge in [-0.2, -0.15) is 0 Å². The molecule has 0 saturated heterocycles. The number of ether oxygens (including phenoxy) is 1. The molecule has 0 fully saturated rings. The first-order valence-electron chi connectivity index (χ1n) is 5.74. The van der Waals surface area contributed by atoms with Gasteiger partial charge in [0.05, 0.1) is 6.61 Å². The lowest BCUT2D eigenvalue weighted by Crippen LogP contribution is -2.19. The van der Waals surface area contributed by atoms with Crippen LogP contribution >= 0.6 is 0 Å². The molecule has 0 aromatic heterocycles. The lowest BCUT2D eigenvalue weighted by atomic mass is 10.1. The second kappa shape index (κ2) is 6.46. The van der Waals surface area contributed by atoms with Crippen molar-refractivity contribution in [2.75, 3.05) is 13.2 Å². The van der Waals surface area contributed by atoms with Crippen LogP contribution in [0.3, 0.4) is 0 Å². The first kappa shape index (κ1) is 12.1. The molecule has 1 N–H and O–H groups in total. The molecule has 0 spiro atoms. The van der Waals surface area contributed by atoms with Crippen LogP contribution in [-0.2, 0) is 0 Å². The zero-order chi connectivity index (χ0) is 11.1. The monoisotopic (exact) mass is 207 g/mol. The van der Waals surface area contributed by atoms with Gasteiger partial charge in [0.25, 0.3) is 0 Å². The van der Waals surface area contributed by atoms with Crippen molar-refractivity contribution in [2.24, 2.45) is 0 Å². The number of hydrogen-bond acceptors (Lipinski definition) is 2. The third-order valence-corrected chi connectivity index (χ3v) is 2.37. The van der Waals surface area contributed by atoms with E-state index in [1.807, 2.05) is 19.1 Å². The number of benzene rings is 1. The summed E-state index contributed by atoms with van der Waals surface area (Å²) in [4.78, 5) is 0. The third-order valence-electron chi connectivity index (χ3n) is 2.37. The Hall–Kier alpha value is -1.02. The molecule has 84 valence electrons. The van der Waals surface area contributed by atoms with Crippen LogP contribution in [0.4, 0.5) is 0 Å². The molecule has 0 aliphatic rings. The lowest BCUT2D eigenvalue weighted by Gasteiger charge is -2.14. The number of hydrogen-bond donors (Lipinski definition) is 1. The van der Waals surface area contributed by atoms with Gasteiger partial charge < -0.3 is 10.1 Å². The molecule has 1 aromatic rings. The van der Waals surface area contributed by atoms with Crippen molar-refractivity contribution in [1.82, 2.24) is 5.32 Å². The minimum absolute atomic E-state index is 0.394. The highest BCUT2D eigenvalue weighted by molar-refractivity contribution is 5.30. The molecule has 0 unspecified atom stereocenters. The van der Waals surface area contributed by atoms with E-state index in [0.717, 1.165) is 25.3 Å². The molecule has 0 amide bonds. The van der Waals surface area contributed by atoms with Crippen molar-refractivity contribution in [3.63, 3.8) is 0 Å². The van der Waals surface area contributed by atoms with Crippen molar-refractivity contribution < 1.29 is 4.74 Å². The Kier molecular flexibility index (Phi) is 5.19. The summed E-state index contributed by atoms with van der Waals surface area (Å²) in [5.74, 6) is 0.958. The highest BCUT2D eigenvalue weighted by atomic mass is 16.5. The molecule has 0 radical (unpaired) electrons. The molecule has 0 heterocycles. The number of nitrogens with one attached hydrogen (secondary N) is 1. The van der Waals surface area contributed by atoms with E-state index < -0.39 is 0 Å². The van der Waals surface area contributed by atoms with Crippen LogP contribution in [0.2, 0.25) is 0 Å². The summed E-state index contributed by atoms with van der Waals surface area (Å²) in [6.45, 7) is 8.14. The van der Waals surface area contributed by atoms with Gasteiger partial charge in [0.2, 0.25) is 0 Å². The van der Waals surface area contributed by atoms with Crippen LogP contribution in [-0.4, -0.2) is 13.2 Å². The largest absolute Gasteiger partial charge is 0.494 e. The normalized spacial score (nSPS) is 12.5. The second-order valence-corrected chi connectivity index (χ2v) is 3.68. The van der Waals surface area contributed by atoms with Crippen LogP contribution < -0.4 is 10.1 Å². The summed E-state index contributed by atoms with van der Waals surface area (Å²) in [5, 5.41) is 3.46. The molecule has 0 aliphatic carbocycles. The van der Waals surface area contributed by atoms with Crippen LogP contribution in [0.5, 0.6) is 5.75 Å². The van der Waals surface area contributed by atoms with E-state index in [9.17, 15) is 0 Å². The Balaban J connectivity index is 2.62. The van der Waals surface area contributed by atoms with Gasteiger partial charge in [-0.05, 0) is 44.5 Å². The fourth-order valence-corrected chi connectivity index (χ4v) is 1.52. The standard InChI is InChI=1S/C13H21NO/c1-4-9-14-11(3)12-7-6-8-13(10-12)15-5-2/h6-8,10-11,14H,4-5,9H2,1-3H3/t11-/m1/s1. The predicted octanol–water partition coefficient (Wildman–Crippen LogP) is 3.15. The summed E-state index contributed by atoms with van der Waals surface area (Å²) in [6.07, 6.45) is 1.16. The third kappa shape index (κ3) is 3.92. The Morgan fingerprint density at radius 1 is 1.33 bits per heavy atom. The maximum atomic E-state index is 5.47. The smallest absolute Gasteiger partial charge is 0.119 e. The first-order chi connectivity index (χ1) is 7.27. The van der Waals surface area contributed by atoms with E-state index in [1.165, 1.54) is 5.56 Å². The minimum atomic E-state index is 0.394. The lowest BCUT2D eigenvalue weighted by molar-refractivity contribution is 0.339. The fraction of sp³-hybridized carbons (Fsp3) is 0.538. The summed E-state index contributed by atoms with van der Waals surface area (Å²) in [7, 11) is 0. The van der Waals surface area contributed by atoms with Gasteiger partial charge in [-0.3, -0.25) is 0 Å². The van der Waals surface area contributed by atoms with Gasteiger partial charge in [-0.25, -0.2) is 0 Å². The topological polar surface area (TPSA) is 21.3 Å². The molecule has 2 heteroatoms. The second-order valence-electron chi connectivity index (χ2n) is 3.68. The van der Waals surface area contributed by atoms with E-state index in [1.54, 1.807) is 0 Å². The maximum absolute atomic E-state index is 5.47. The SMILES string of the molecule is CCCN[C@H](C)c1cccc(OCC)c1. The Morgan fingerprint density at radius 3 is 2.80 bits per heavy atom. The highest BCUT2D eigenvalue weighted by Gasteiger charge is 2.04. The summed E-state index contributed by atoms with van der Waals surface area (Å²) in [6, 6.07) is 8.68. The van der Waals surface area contributed by atoms with Crippen LogP contribution in [0.1, 0.15) is 38.8 Å². The summed E-state index contributed by atoms with van der Waals surface area (Å²) < 4.78 is 5.47. The molecule has 1 rings (SSSR count). The van der Waals surface area contributed by atoms with Crippen LogP contribution in [0.15, 0.2) is 24.3 Å². The molecule has 0 bridgehead atoms. The van der Waals surface area contributed by atoms with Crippen molar-refractivity contribution >= 4 is 0 Å². The minimum Gasteiger partial charge on any atom is -0.494 e. The average Bonchev–Trinajstić information content (AvgIpc) is 2.27. The van der Waals surface area contributed by atoms with E-state index >= 15 is 0 Å². The van der Waals surface area contributed by atoms with Gasteiger partial charge in [0.15, 0.2) is 0 Å². The molecular weight excluding hydrogens is 186 g/mol. The molecule has 2 nitrogen and oxygen atoms in total. The van der Waals surface area contributed by atoms with Crippen molar-refractivity contribution in [3.8, 4) is 5.75 Å². The van der Waals surface area contributed by atoms with E-state index in [-0.39, 0.29) is 0 Å². The number of rotatable bonds is 6. The fourth-order valence-electron chi connectivity index (χ4n) is 1.52. The predicted molar refractivity (Wildman–Crippen MR) is 64.3 cm³/mol. The van der Waals surface area contributed by atoms with Crippen LogP contribution in [0.25, 0.3) is 0 Å². The van der Waals surface area contributed by atoms with Crippen LogP contribution in [0, 0.1) is 0 Å². The first-order valence-corrected chi connectivity index (χ1v) is 5.74. The molecule has 1 atom stereocenters. The molecule has 15 heavy (non-hydrogen) atoms. The molecule has 0 aliphatic heterocycles. The molecule has 1 aromatic carbocycles. The molecule has 0 saturated carbocycles. The highest BCUT2D eigenvalue weighted by Crippen LogP contribution is 2.18. The summed E-state index contributed by atoms with van der Waals surface area (Å²) >= 11 is 0. The average molecular weight is 207 g/mol. The van der Waals surface area contributed by atoms with E-state index in [0.29, 0.717) is 6.04 Å². The van der Waals surface area contributed by atoms with E-state index in [2.05, 4.69) is 31.3 Å². The summed E-state index contributed by atoms with van der Waals surface area (Å²) in [5.41, 5.74) is 1.29. The van der Waals surface area contributed by atoms with E-state index in [4.69, 9.17) is 4.74 Å². The van der Waals surface area contributed by atoms with Gasteiger partial charge >= 0.3 is 0 Å². The molecular formula is C13H21NO. The van der Waals surface area contributed by atoms with Crippen molar-refractivity contribution in [3.05, 3.63) is 29.8 Å². The van der Waals surface area contributed by atoms with Gasteiger partial charge in [0.1, 0.15) is 5.75 Å². The van der Waals surface area contributed by atoms with Gasteiger partial charge in [-0.1, -0.05) is 19.1 Å². The van der Waals surface area contributed by atoms with Crippen molar-refractivity contribution in [1.29, 1.82) is 0 Å². The van der Waals surface area contributed by atoms with Crippen molar-refractivity contribution in [2.45, 2.75) is 33.2 Å². The zero-order valence-electron chi connectivity index (χ0n) is 9.92. The Labute approximate surface area is 92.6 Å².